The van der Waals surface area contributed by atoms with Crippen LogP contribution in [0.5, 0.6) is 0 Å². The Labute approximate surface area is 69.4 Å². The largest absolute Gasteiger partial charge is 0.468 e. The van der Waals surface area contributed by atoms with Crippen molar-refractivity contribution in [3.05, 3.63) is 18.5 Å². The Kier molecular flexibility index (Phi) is 2.92. The van der Waals surface area contributed by atoms with E-state index in [0.29, 0.717) is 6.61 Å². The van der Waals surface area contributed by atoms with Crippen molar-refractivity contribution in [3.63, 3.8) is 0 Å². The van der Waals surface area contributed by atoms with Gasteiger partial charge in [0.05, 0.1) is 19.0 Å². The topological polar surface area (TPSA) is 39.4 Å². The fourth-order valence-electron chi connectivity index (χ4n) is 0.548. The third kappa shape index (κ3) is 2.59. The van der Waals surface area contributed by atoms with Crippen LogP contribution < -0.4 is 0 Å². The number of aromatic nitrogens is 2. The van der Waals surface area contributed by atoms with E-state index in [2.05, 4.69) is 10.2 Å². The minimum Gasteiger partial charge on any atom is -0.468 e. The zero-order chi connectivity index (χ0) is 8.10. The third-order valence-electron chi connectivity index (χ3n) is 0.935. The van der Waals surface area contributed by atoms with Crippen molar-refractivity contribution in [3.8, 4) is 0 Å². The zero-order valence-corrected chi connectivity index (χ0v) is 6.82. The lowest BCUT2D eigenvalue weighted by molar-refractivity contribution is 0.332. The van der Waals surface area contributed by atoms with Crippen LogP contribution in [0, 0.1) is 0 Å². The van der Waals surface area contributed by atoms with E-state index in [-0.39, 0.29) is 5.36 Å². The third-order valence-corrected chi connectivity index (χ3v) is 1.12. The summed E-state index contributed by atoms with van der Waals surface area (Å²) in [5, 5.41) is 7.67. The molecule has 0 aliphatic carbocycles. The van der Waals surface area contributed by atoms with Crippen LogP contribution in [0.1, 0.15) is 6.92 Å². The van der Waals surface area contributed by atoms with Gasteiger partial charge in [0.15, 0.2) is 0 Å². The lowest BCUT2D eigenvalue weighted by Crippen LogP contribution is -1.99. The van der Waals surface area contributed by atoms with Crippen LogP contribution in [-0.2, 0) is 4.74 Å². The van der Waals surface area contributed by atoms with E-state index in [0.717, 1.165) is 0 Å². The van der Waals surface area contributed by atoms with E-state index in [1.165, 1.54) is 4.79 Å². The minimum atomic E-state index is 0.0937. The molecule has 1 heterocycles. The van der Waals surface area contributed by atoms with Crippen LogP contribution in [0.3, 0.4) is 0 Å². The Balaban J connectivity index is 2.58. The molecule has 0 bridgehead atoms. The van der Waals surface area contributed by atoms with Gasteiger partial charge in [-0.1, -0.05) is 5.10 Å². The SMILES string of the molecule is CCO/C(Cl)=N\n1cccn1. The molecule has 0 unspecified atom stereocenters. The Bertz CT molecular complexity index is 232. The van der Waals surface area contributed by atoms with Crippen molar-refractivity contribution in [1.29, 1.82) is 0 Å². The molecule has 0 N–H and O–H groups in total. The Morgan fingerprint density at radius 2 is 2.64 bits per heavy atom. The highest BCUT2D eigenvalue weighted by Gasteiger charge is 1.92. The van der Waals surface area contributed by atoms with Crippen molar-refractivity contribution in [2.75, 3.05) is 6.61 Å². The predicted molar refractivity (Wildman–Crippen MR) is 42.5 cm³/mol. The lowest BCUT2D eigenvalue weighted by Gasteiger charge is -1.96. The second kappa shape index (κ2) is 3.98. The fourth-order valence-corrected chi connectivity index (χ4v) is 0.735. The summed E-state index contributed by atoms with van der Waals surface area (Å²) in [6.07, 6.45) is 3.28. The summed E-state index contributed by atoms with van der Waals surface area (Å²) >= 11 is 5.54. The minimum absolute atomic E-state index is 0.0937. The van der Waals surface area contributed by atoms with Gasteiger partial charge in [-0.3, -0.25) is 0 Å². The summed E-state index contributed by atoms with van der Waals surface area (Å²) in [4.78, 5) is 1.33. The first-order valence-corrected chi connectivity index (χ1v) is 3.57. The Morgan fingerprint density at radius 1 is 1.82 bits per heavy atom. The smallest absolute Gasteiger partial charge is 0.305 e. The molecule has 0 spiro atoms. The van der Waals surface area contributed by atoms with E-state index in [1.807, 2.05) is 6.92 Å². The van der Waals surface area contributed by atoms with Crippen molar-refractivity contribution >= 4 is 17.0 Å². The number of nitrogens with zero attached hydrogens (tertiary/aromatic N) is 3. The second-order valence-electron chi connectivity index (χ2n) is 1.71. The maximum atomic E-state index is 5.54. The Morgan fingerprint density at radius 3 is 3.18 bits per heavy atom. The molecule has 0 aromatic carbocycles. The van der Waals surface area contributed by atoms with Gasteiger partial charge in [-0.15, -0.1) is 0 Å². The first-order valence-electron chi connectivity index (χ1n) is 3.20. The molecule has 1 rings (SSSR count). The van der Waals surface area contributed by atoms with Gasteiger partial charge in [-0.2, -0.15) is 9.89 Å². The van der Waals surface area contributed by atoms with E-state index in [9.17, 15) is 0 Å². The molecular formula is C6H8ClN3O. The first kappa shape index (κ1) is 8.07. The molecule has 0 radical (unpaired) electrons. The molecule has 4 nitrogen and oxygen atoms in total. The van der Waals surface area contributed by atoms with Crippen molar-refractivity contribution < 1.29 is 4.74 Å². The molecule has 0 saturated carbocycles. The van der Waals surface area contributed by atoms with Crippen LogP contribution in [0.2, 0.25) is 0 Å². The van der Waals surface area contributed by atoms with Crippen LogP contribution in [0.25, 0.3) is 0 Å². The number of hydrogen-bond donors (Lipinski definition) is 0. The highest BCUT2D eigenvalue weighted by atomic mass is 35.5. The molecule has 5 heteroatoms. The molecule has 1 aromatic heterocycles. The average molecular weight is 174 g/mol. The van der Waals surface area contributed by atoms with Crippen LogP contribution in [0.4, 0.5) is 0 Å². The van der Waals surface area contributed by atoms with Crippen LogP contribution in [-0.4, -0.2) is 21.9 Å². The highest BCUT2D eigenvalue weighted by molar-refractivity contribution is 6.62. The normalized spacial score (nSPS) is 11.6. The molecule has 11 heavy (non-hydrogen) atoms. The second-order valence-corrected chi connectivity index (χ2v) is 2.04. The van der Waals surface area contributed by atoms with Gasteiger partial charge in [-0.05, 0) is 24.6 Å². The van der Waals surface area contributed by atoms with Gasteiger partial charge in [0.1, 0.15) is 0 Å². The van der Waals surface area contributed by atoms with E-state index < -0.39 is 0 Å². The van der Waals surface area contributed by atoms with Crippen molar-refractivity contribution in [2.45, 2.75) is 6.92 Å². The number of ether oxygens (including phenoxy) is 1. The summed E-state index contributed by atoms with van der Waals surface area (Å²) in [6.45, 7) is 2.34. The summed E-state index contributed by atoms with van der Waals surface area (Å²) in [5.74, 6) is 0. The average Bonchev–Trinajstić information content (AvgIpc) is 2.40. The predicted octanol–water partition coefficient (Wildman–Crippen LogP) is 1.28. The zero-order valence-electron chi connectivity index (χ0n) is 6.07. The van der Waals surface area contributed by atoms with Gasteiger partial charge in [-0.25, -0.2) is 0 Å². The molecule has 0 fully saturated rings. The van der Waals surface area contributed by atoms with E-state index in [4.69, 9.17) is 16.3 Å². The van der Waals surface area contributed by atoms with Crippen LogP contribution in [0.15, 0.2) is 23.6 Å². The number of rotatable bonds is 2. The molecule has 0 aliphatic heterocycles. The summed E-state index contributed by atoms with van der Waals surface area (Å²) in [5.41, 5.74) is 0. The van der Waals surface area contributed by atoms with Gasteiger partial charge in [0.25, 0.3) is 0 Å². The van der Waals surface area contributed by atoms with Gasteiger partial charge < -0.3 is 4.74 Å². The molecule has 0 aliphatic rings. The van der Waals surface area contributed by atoms with Gasteiger partial charge in [0, 0.05) is 0 Å². The molecule has 60 valence electrons. The summed E-state index contributed by atoms with van der Waals surface area (Å²) in [7, 11) is 0. The lowest BCUT2D eigenvalue weighted by atomic mass is 10.8. The standard InChI is InChI=1S/C6H8ClN3O/c1-2-11-6(7)9-10-5-3-4-8-10/h3-5H,2H2,1H3/b9-6-. The number of halogens is 1. The van der Waals surface area contributed by atoms with E-state index >= 15 is 0 Å². The van der Waals surface area contributed by atoms with Crippen LogP contribution >= 0.6 is 11.6 Å². The van der Waals surface area contributed by atoms with Crippen molar-refractivity contribution in [1.82, 2.24) is 9.89 Å². The molecular weight excluding hydrogens is 166 g/mol. The first-order chi connectivity index (χ1) is 5.33. The summed E-state index contributed by atoms with van der Waals surface area (Å²) in [6, 6.07) is 1.75. The maximum absolute atomic E-state index is 5.54. The van der Waals surface area contributed by atoms with Gasteiger partial charge in [0.2, 0.25) is 0 Å². The highest BCUT2D eigenvalue weighted by Crippen LogP contribution is 1.91. The monoisotopic (exact) mass is 173 g/mol. The quantitative estimate of drug-likeness (QED) is 0.499. The maximum Gasteiger partial charge on any atom is 0.305 e. The fraction of sp³-hybridized carbons (Fsp3) is 0.333. The Hall–Kier alpha value is -1.03. The summed E-state index contributed by atoms with van der Waals surface area (Å²) < 4.78 is 4.87. The molecule has 0 saturated heterocycles. The molecule has 1 aromatic rings. The molecule has 0 amide bonds. The van der Waals surface area contributed by atoms with E-state index in [1.54, 1.807) is 18.5 Å². The van der Waals surface area contributed by atoms with Crippen molar-refractivity contribution in [2.24, 2.45) is 5.10 Å². The van der Waals surface area contributed by atoms with Gasteiger partial charge >= 0.3 is 5.36 Å². The molecule has 0 atom stereocenters. The number of hydrogen-bond acceptors (Lipinski definition) is 3.